The molecule has 2 rings (SSSR count). The second-order valence-corrected chi connectivity index (χ2v) is 5.69. The Morgan fingerprint density at radius 2 is 1.79 bits per heavy atom. The Morgan fingerprint density at radius 3 is 2.42 bits per heavy atom. The first kappa shape index (κ1) is 14.1. The fourth-order valence-electron chi connectivity index (χ4n) is 1.95. The highest BCUT2D eigenvalue weighted by Crippen LogP contribution is 2.25. The van der Waals surface area contributed by atoms with Gasteiger partial charge < -0.3 is 5.32 Å². The van der Waals surface area contributed by atoms with Crippen molar-refractivity contribution < 1.29 is 4.39 Å². The van der Waals surface area contributed by atoms with Gasteiger partial charge in [-0.2, -0.15) is 0 Å². The van der Waals surface area contributed by atoms with Crippen LogP contribution in [-0.4, -0.2) is 0 Å². The summed E-state index contributed by atoms with van der Waals surface area (Å²) in [5.74, 6) is -0.234. The van der Waals surface area contributed by atoms with Gasteiger partial charge in [-0.3, -0.25) is 0 Å². The Labute approximate surface area is 122 Å². The van der Waals surface area contributed by atoms with Gasteiger partial charge in [-0.05, 0) is 77.7 Å². The van der Waals surface area contributed by atoms with Crippen molar-refractivity contribution in [2.24, 2.45) is 0 Å². The topological polar surface area (TPSA) is 12.0 Å². The van der Waals surface area contributed by atoms with Crippen LogP contribution in [0.5, 0.6) is 0 Å². The maximum atomic E-state index is 13.2. The average Bonchev–Trinajstić information content (AvgIpc) is 2.37. The first-order valence-corrected chi connectivity index (χ1v) is 7.05. The molecule has 0 aliphatic heterocycles. The third-order valence-corrected chi connectivity index (χ3v) is 3.94. The van der Waals surface area contributed by atoms with E-state index >= 15 is 0 Å². The molecule has 19 heavy (non-hydrogen) atoms. The molecule has 0 aliphatic carbocycles. The molecule has 1 N–H and O–H groups in total. The number of nitrogens with one attached hydrogen (secondary N) is 1. The number of benzene rings is 2. The Morgan fingerprint density at radius 1 is 1.05 bits per heavy atom. The second-order valence-electron chi connectivity index (χ2n) is 4.84. The lowest BCUT2D eigenvalue weighted by Gasteiger charge is -2.17. The van der Waals surface area contributed by atoms with Crippen LogP contribution in [-0.2, 0) is 0 Å². The predicted molar refractivity (Wildman–Crippen MR) is 82.1 cm³/mol. The summed E-state index contributed by atoms with van der Waals surface area (Å²) < 4.78 is 13.7. The van der Waals surface area contributed by atoms with Crippen molar-refractivity contribution in [1.82, 2.24) is 0 Å². The number of hydrogen-bond donors (Lipinski definition) is 1. The molecule has 0 heterocycles. The van der Waals surface area contributed by atoms with Crippen molar-refractivity contribution in [3.05, 3.63) is 63.4 Å². The molecule has 0 radical (unpaired) electrons. The van der Waals surface area contributed by atoms with Crippen LogP contribution in [0.4, 0.5) is 10.1 Å². The van der Waals surface area contributed by atoms with Crippen LogP contribution >= 0.6 is 15.9 Å². The van der Waals surface area contributed by atoms with Gasteiger partial charge in [-0.1, -0.05) is 12.1 Å². The first-order chi connectivity index (χ1) is 8.97. The molecule has 1 atom stereocenters. The maximum Gasteiger partial charge on any atom is 0.137 e. The van der Waals surface area contributed by atoms with Crippen LogP contribution in [0, 0.1) is 19.7 Å². The van der Waals surface area contributed by atoms with E-state index in [1.54, 1.807) is 6.07 Å². The lowest BCUT2D eigenvalue weighted by Crippen LogP contribution is -2.07. The Balaban J connectivity index is 2.17. The number of anilines is 1. The minimum absolute atomic E-state index is 0.124. The van der Waals surface area contributed by atoms with Crippen LogP contribution in [0.3, 0.4) is 0 Å². The fraction of sp³-hybridized carbons (Fsp3) is 0.250. The van der Waals surface area contributed by atoms with E-state index in [4.69, 9.17) is 0 Å². The number of aryl methyl sites for hydroxylation is 2. The van der Waals surface area contributed by atoms with E-state index in [9.17, 15) is 4.39 Å². The molecular weight excluding hydrogens is 305 g/mol. The minimum Gasteiger partial charge on any atom is -0.379 e. The van der Waals surface area contributed by atoms with Crippen molar-refractivity contribution in [2.75, 3.05) is 5.32 Å². The van der Waals surface area contributed by atoms with E-state index in [2.05, 4.69) is 60.2 Å². The number of hydrogen-bond acceptors (Lipinski definition) is 1. The van der Waals surface area contributed by atoms with Crippen molar-refractivity contribution in [2.45, 2.75) is 26.8 Å². The molecule has 0 saturated carbocycles. The molecule has 2 aromatic rings. The van der Waals surface area contributed by atoms with Gasteiger partial charge in [0.25, 0.3) is 0 Å². The summed E-state index contributed by atoms with van der Waals surface area (Å²) in [5, 5.41) is 3.43. The van der Waals surface area contributed by atoms with Crippen LogP contribution in [0.15, 0.2) is 40.9 Å². The molecule has 0 amide bonds. The molecule has 0 saturated heterocycles. The van der Waals surface area contributed by atoms with Gasteiger partial charge in [0.1, 0.15) is 5.82 Å². The second kappa shape index (κ2) is 5.74. The molecule has 1 unspecified atom stereocenters. The summed E-state index contributed by atoms with van der Waals surface area (Å²) in [5.41, 5.74) is 4.67. The minimum atomic E-state index is -0.234. The summed E-state index contributed by atoms with van der Waals surface area (Å²) >= 11 is 3.22. The van der Waals surface area contributed by atoms with E-state index in [0.29, 0.717) is 4.47 Å². The van der Waals surface area contributed by atoms with Gasteiger partial charge in [0.2, 0.25) is 0 Å². The van der Waals surface area contributed by atoms with Gasteiger partial charge in [0.05, 0.1) is 4.47 Å². The Bertz CT molecular complexity index is 595. The van der Waals surface area contributed by atoms with Crippen LogP contribution < -0.4 is 5.32 Å². The molecule has 0 fully saturated rings. The molecule has 2 aromatic carbocycles. The van der Waals surface area contributed by atoms with Gasteiger partial charge in [0, 0.05) is 11.7 Å². The molecule has 100 valence electrons. The summed E-state index contributed by atoms with van der Waals surface area (Å²) in [7, 11) is 0. The third kappa shape index (κ3) is 3.35. The summed E-state index contributed by atoms with van der Waals surface area (Å²) in [6.45, 7) is 6.26. The highest BCUT2D eigenvalue weighted by Gasteiger charge is 2.08. The highest BCUT2D eigenvalue weighted by atomic mass is 79.9. The standard InChI is InChI=1S/C16H17BrFN/c1-10-4-6-14(8-11(10)2)19-12(3)13-5-7-16(18)15(17)9-13/h4-9,12,19H,1-3H3. The number of halogens is 2. The summed E-state index contributed by atoms with van der Waals surface area (Å²) in [6, 6.07) is 11.5. The predicted octanol–water partition coefficient (Wildman–Crippen LogP) is 5.38. The van der Waals surface area contributed by atoms with E-state index in [-0.39, 0.29) is 11.9 Å². The summed E-state index contributed by atoms with van der Waals surface area (Å²) in [6.07, 6.45) is 0. The Kier molecular flexibility index (Phi) is 4.25. The van der Waals surface area contributed by atoms with Gasteiger partial charge in [-0.15, -0.1) is 0 Å². The van der Waals surface area contributed by atoms with Gasteiger partial charge in [0.15, 0.2) is 0 Å². The highest BCUT2D eigenvalue weighted by molar-refractivity contribution is 9.10. The first-order valence-electron chi connectivity index (χ1n) is 6.26. The average molecular weight is 322 g/mol. The zero-order chi connectivity index (χ0) is 14.0. The van der Waals surface area contributed by atoms with Crippen LogP contribution in [0.2, 0.25) is 0 Å². The van der Waals surface area contributed by atoms with Crippen molar-refractivity contribution in [1.29, 1.82) is 0 Å². The quantitative estimate of drug-likeness (QED) is 0.800. The molecule has 0 bridgehead atoms. The summed E-state index contributed by atoms with van der Waals surface area (Å²) in [4.78, 5) is 0. The van der Waals surface area contributed by atoms with Crippen molar-refractivity contribution in [3.63, 3.8) is 0 Å². The zero-order valence-electron chi connectivity index (χ0n) is 11.3. The largest absolute Gasteiger partial charge is 0.379 e. The van der Waals surface area contributed by atoms with Crippen molar-refractivity contribution >= 4 is 21.6 Å². The van der Waals surface area contributed by atoms with E-state index in [1.807, 2.05) is 6.07 Å². The molecular formula is C16H17BrFN. The molecule has 3 heteroatoms. The molecule has 0 aromatic heterocycles. The Hall–Kier alpha value is -1.35. The monoisotopic (exact) mass is 321 g/mol. The molecule has 1 nitrogen and oxygen atoms in total. The molecule has 0 spiro atoms. The normalized spacial score (nSPS) is 12.3. The fourth-order valence-corrected chi connectivity index (χ4v) is 2.34. The van der Waals surface area contributed by atoms with Gasteiger partial charge >= 0.3 is 0 Å². The van der Waals surface area contributed by atoms with Crippen LogP contribution in [0.1, 0.15) is 29.7 Å². The third-order valence-electron chi connectivity index (χ3n) is 3.33. The van der Waals surface area contributed by atoms with Gasteiger partial charge in [-0.25, -0.2) is 4.39 Å². The number of rotatable bonds is 3. The smallest absolute Gasteiger partial charge is 0.137 e. The maximum absolute atomic E-state index is 13.2. The van der Waals surface area contributed by atoms with Crippen molar-refractivity contribution in [3.8, 4) is 0 Å². The van der Waals surface area contributed by atoms with Crippen LogP contribution in [0.25, 0.3) is 0 Å². The molecule has 0 aliphatic rings. The lowest BCUT2D eigenvalue weighted by atomic mass is 10.1. The van der Waals surface area contributed by atoms with E-state index in [0.717, 1.165) is 11.3 Å². The lowest BCUT2D eigenvalue weighted by molar-refractivity contribution is 0.619. The zero-order valence-corrected chi connectivity index (χ0v) is 12.9. The van der Waals surface area contributed by atoms with E-state index < -0.39 is 0 Å². The van der Waals surface area contributed by atoms with E-state index in [1.165, 1.54) is 17.2 Å². The SMILES string of the molecule is Cc1ccc(NC(C)c2ccc(F)c(Br)c2)cc1C.